The van der Waals surface area contributed by atoms with Gasteiger partial charge in [-0.15, -0.1) is 0 Å². The highest BCUT2D eigenvalue weighted by atomic mass is 31.2. The molecule has 0 aliphatic heterocycles. The highest BCUT2D eigenvalue weighted by Gasteiger charge is 2.34. The fourth-order valence-corrected chi connectivity index (χ4v) is 6.05. The SMILES string of the molecule is O=C(NC(CCC(O)OCc1ccccc1)P(=O)(O)Cc1cccc2ccccc12)OCc1ccccc1. The minimum absolute atomic E-state index is 0.0228. The van der Waals surface area contributed by atoms with Gasteiger partial charge < -0.3 is 24.8 Å². The molecule has 0 radical (unpaired) electrons. The second kappa shape index (κ2) is 13.4. The Hall–Kier alpha value is -3.48. The molecule has 3 unspecified atom stereocenters. The normalized spacial score (nSPS) is 14.4. The van der Waals surface area contributed by atoms with E-state index in [4.69, 9.17) is 9.47 Å². The molecular weight excluding hydrogens is 501 g/mol. The van der Waals surface area contributed by atoms with Crippen molar-refractivity contribution >= 4 is 24.2 Å². The predicted molar refractivity (Wildman–Crippen MR) is 147 cm³/mol. The molecule has 4 aromatic rings. The van der Waals surface area contributed by atoms with Gasteiger partial charge in [0.25, 0.3) is 0 Å². The van der Waals surface area contributed by atoms with Crippen molar-refractivity contribution in [3.05, 3.63) is 120 Å². The van der Waals surface area contributed by atoms with Gasteiger partial charge in [-0.05, 0) is 33.9 Å². The number of carbonyl (C=O) groups is 1. The van der Waals surface area contributed by atoms with Crippen LogP contribution in [0.2, 0.25) is 0 Å². The quantitative estimate of drug-likeness (QED) is 0.148. The number of aliphatic hydroxyl groups excluding tert-OH is 1. The zero-order valence-corrected chi connectivity index (χ0v) is 21.9. The average Bonchev–Trinajstić information content (AvgIpc) is 2.94. The van der Waals surface area contributed by atoms with Crippen molar-refractivity contribution in [1.29, 1.82) is 0 Å². The second-order valence-corrected chi connectivity index (χ2v) is 11.6. The molecule has 0 aliphatic rings. The van der Waals surface area contributed by atoms with E-state index < -0.39 is 25.5 Å². The van der Waals surface area contributed by atoms with Crippen LogP contribution in [0.1, 0.15) is 29.5 Å². The van der Waals surface area contributed by atoms with Crippen molar-refractivity contribution in [2.75, 3.05) is 0 Å². The van der Waals surface area contributed by atoms with Crippen LogP contribution in [-0.4, -0.2) is 28.2 Å². The van der Waals surface area contributed by atoms with E-state index >= 15 is 0 Å². The summed E-state index contributed by atoms with van der Waals surface area (Å²) in [5, 5.41) is 14.8. The summed E-state index contributed by atoms with van der Waals surface area (Å²) in [6.45, 7) is 0.229. The maximum absolute atomic E-state index is 13.7. The van der Waals surface area contributed by atoms with E-state index in [2.05, 4.69) is 5.32 Å². The van der Waals surface area contributed by atoms with E-state index in [0.717, 1.165) is 21.9 Å². The molecule has 4 aromatic carbocycles. The first-order valence-electron chi connectivity index (χ1n) is 12.5. The number of benzene rings is 4. The van der Waals surface area contributed by atoms with E-state index in [1.807, 2.05) is 103 Å². The van der Waals surface area contributed by atoms with Crippen LogP contribution in [0.25, 0.3) is 10.8 Å². The molecule has 8 heteroatoms. The molecule has 0 saturated heterocycles. The third-order valence-electron chi connectivity index (χ3n) is 6.23. The average molecular weight is 534 g/mol. The molecule has 3 atom stereocenters. The lowest BCUT2D eigenvalue weighted by Crippen LogP contribution is -2.36. The van der Waals surface area contributed by atoms with Crippen LogP contribution in [-0.2, 0) is 33.4 Å². The molecular formula is C30H32NO6P. The monoisotopic (exact) mass is 533 g/mol. The van der Waals surface area contributed by atoms with Crippen molar-refractivity contribution in [1.82, 2.24) is 5.32 Å². The van der Waals surface area contributed by atoms with E-state index in [9.17, 15) is 19.4 Å². The van der Waals surface area contributed by atoms with Gasteiger partial charge in [0.2, 0.25) is 7.37 Å². The topological polar surface area (TPSA) is 105 Å². The van der Waals surface area contributed by atoms with Crippen LogP contribution in [0.4, 0.5) is 4.79 Å². The van der Waals surface area contributed by atoms with Gasteiger partial charge in [-0.1, -0.05) is 103 Å². The van der Waals surface area contributed by atoms with Gasteiger partial charge in [0.15, 0.2) is 6.29 Å². The second-order valence-electron chi connectivity index (χ2n) is 9.10. The third kappa shape index (κ3) is 8.01. The molecule has 0 aliphatic carbocycles. The minimum atomic E-state index is -3.99. The Morgan fingerprint density at radius 3 is 2.11 bits per heavy atom. The number of hydrogen-bond acceptors (Lipinski definition) is 5. The van der Waals surface area contributed by atoms with E-state index in [1.54, 1.807) is 0 Å². The zero-order valence-electron chi connectivity index (χ0n) is 21.0. The number of fused-ring (bicyclic) bond motifs is 1. The molecule has 0 spiro atoms. The summed E-state index contributed by atoms with van der Waals surface area (Å²) in [7, 11) is -3.99. The van der Waals surface area contributed by atoms with Crippen molar-refractivity contribution in [3.8, 4) is 0 Å². The molecule has 0 aromatic heterocycles. The van der Waals surface area contributed by atoms with E-state index in [1.165, 1.54) is 0 Å². The maximum Gasteiger partial charge on any atom is 0.408 e. The van der Waals surface area contributed by atoms with Crippen LogP contribution in [0.15, 0.2) is 103 Å². The van der Waals surface area contributed by atoms with Gasteiger partial charge >= 0.3 is 6.09 Å². The lowest BCUT2D eigenvalue weighted by atomic mass is 10.1. The standard InChI is InChI=1S/C30H32NO6P/c32-29(36-20-23-10-3-1-4-11-23)19-18-28(31-30(33)37-21-24-12-5-2-6-13-24)38(34,35)22-26-16-9-15-25-14-7-8-17-27(25)26/h1-17,28-29,32H,18-22H2,(H,31,33)(H,34,35). The highest BCUT2D eigenvalue weighted by Crippen LogP contribution is 2.51. The lowest BCUT2D eigenvalue weighted by molar-refractivity contribution is -0.112. The Morgan fingerprint density at radius 2 is 1.39 bits per heavy atom. The number of carbonyl (C=O) groups excluding carboxylic acids is 1. The van der Waals surface area contributed by atoms with Crippen molar-refractivity contribution in [2.24, 2.45) is 0 Å². The molecule has 0 bridgehead atoms. The fourth-order valence-electron chi connectivity index (χ4n) is 4.21. The van der Waals surface area contributed by atoms with Crippen LogP contribution < -0.4 is 5.32 Å². The van der Waals surface area contributed by atoms with Gasteiger partial charge in [0.05, 0.1) is 12.8 Å². The van der Waals surface area contributed by atoms with Crippen molar-refractivity contribution in [3.63, 3.8) is 0 Å². The first kappa shape index (κ1) is 27.6. The number of amides is 1. The Kier molecular flexibility index (Phi) is 9.68. The first-order valence-corrected chi connectivity index (χ1v) is 14.4. The van der Waals surface area contributed by atoms with Crippen LogP contribution in [0.3, 0.4) is 0 Å². The largest absolute Gasteiger partial charge is 0.445 e. The molecule has 4 rings (SSSR count). The summed E-state index contributed by atoms with van der Waals surface area (Å²) < 4.78 is 24.5. The van der Waals surface area contributed by atoms with Crippen LogP contribution >= 0.6 is 7.37 Å². The number of nitrogens with one attached hydrogen (secondary N) is 1. The Labute approximate surface area is 222 Å². The van der Waals surface area contributed by atoms with Gasteiger partial charge in [-0.2, -0.15) is 0 Å². The Balaban J connectivity index is 1.44. The van der Waals surface area contributed by atoms with Crippen molar-refractivity contribution < 1.29 is 28.8 Å². The first-order chi connectivity index (χ1) is 18.4. The lowest BCUT2D eigenvalue weighted by Gasteiger charge is -2.25. The molecule has 198 valence electrons. The molecule has 1 amide bonds. The van der Waals surface area contributed by atoms with Crippen molar-refractivity contribution in [2.45, 2.75) is 44.3 Å². The molecule has 0 fully saturated rings. The minimum Gasteiger partial charge on any atom is -0.445 e. The molecule has 0 heterocycles. The Bertz CT molecular complexity index is 1360. The van der Waals surface area contributed by atoms with Gasteiger partial charge in [-0.25, -0.2) is 4.79 Å². The number of ether oxygens (including phenoxy) is 2. The summed E-state index contributed by atoms with van der Waals surface area (Å²) in [4.78, 5) is 23.8. The summed E-state index contributed by atoms with van der Waals surface area (Å²) in [5.74, 6) is -1.14. The Morgan fingerprint density at radius 1 is 0.789 bits per heavy atom. The summed E-state index contributed by atoms with van der Waals surface area (Å²) in [5.41, 5.74) is 2.40. The molecule has 7 nitrogen and oxygen atoms in total. The van der Waals surface area contributed by atoms with E-state index in [0.29, 0.717) is 5.56 Å². The summed E-state index contributed by atoms with van der Waals surface area (Å²) in [6, 6.07) is 31.8. The molecule has 38 heavy (non-hydrogen) atoms. The van der Waals surface area contributed by atoms with Crippen LogP contribution in [0, 0.1) is 0 Å². The van der Waals surface area contributed by atoms with Gasteiger partial charge in [0.1, 0.15) is 12.4 Å². The number of aliphatic hydroxyl groups is 1. The highest BCUT2D eigenvalue weighted by molar-refractivity contribution is 7.57. The maximum atomic E-state index is 13.7. The fraction of sp³-hybridized carbons (Fsp3) is 0.233. The molecule has 3 N–H and O–H groups in total. The van der Waals surface area contributed by atoms with E-state index in [-0.39, 0.29) is 32.2 Å². The number of rotatable bonds is 12. The summed E-state index contributed by atoms with van der Waals surface area (Å²) >= 11 is 0. The van der Waals surface area contributed by atoms with Gasteiger partial charge in [0, 0.05) is 6.42 Å². The smallest absolute Gasteiger partial charge is 0.408 e. The zero-order chi connectivity index (χ0) is 26.8. The number of alkyl carbamates (subject to hydrolysis) is 1. The summed E-state index contributed by atoms with van der Waals surface area (Å²) in [6.07, 6.45) is -2.03. The number of hydrogen-bond donors (Lipinski definition) is 3. The predicted octanol–water partition coefficient (Wildman–Crippen LogP) is 6.18. The van der Waals surface area contributed by atoms with Crippen LogP contribution in [0.5, 0.6) is 0 Å². The van der Waals surface area contributed by atoms with Gasteiger partial charge in [-0.3, -0.25) is 4.57 Å². The third-order valence-corrected chi connectivity index (χ3v) is 8.39. The molecule has 0 saturated carbocycles.